The van der Waals surface area contributed by atoms with Crippen molar-refractivity contribution in [3.05, 3.63) is 35.4 Å². The van der Waals surface area contributed by atoms with Crippen molar-refractivity contribution < 1.29 is 14.3 Å². The van der Waals surface area contributed by atoms with Crippen molar-refractivity contribution in [2.45, 2.75) is 45.3 Å². The van der Waals surface area contributed by atoms with E-state index in [1.807, 2.05) is 51.0 Å². The van der Waals surface area contributed by atoms with Crippen molar-refractivity contribution in [2.75, 3.05) is 0 Å². The molecule has 4 heteroatoms. The maximum atomic E-state index is 11.9. The Morgan fingerprint density at radius 2 is 2.05 bits per heavy atom. The van der Waals surface area contributed by atoms with Crippen LogP contribution in [0.5, 0.6) is 0 Å². The Kier molecular flexibility index (Phi) is 3.96. The lowest BCUT2D eigenvalue weighted by Crippen LogP contribution is -2.36. The minimum Gasteiger partial charge on any atom is -0.444 e. The number of hydrogen-bond acceptors (Lipinski definition) is 3. The van der Waals surface area contributed by atoms with Crippen LogP contribution in [0, 0.1) is 0 Å². The lowest BCUT2D eigenvalue weighted by atomic mass is 9.85. The normalized spacial score (nSPS) is 17.9. The number of nitrogens with one attached hydrogen (secondary N) is 1. The summed E-state index contributed by atoms with van der Waals surface area (Å²) in [6, 6.07) is 7.47. The summed E-state index contributed by atoms with van der Waals surface area (Å²) in [7, 11) is 0. The number of alkyl carbamates (subject to hydrolysis) is 1. The van der Waals surface area contributed by atoms with Crippen molar-refractivity contribution in [1.29, 1.82) is 0 Å². The lowest BCUT2D eigenvalue weighted by molar-refractivity contribution is 0.0500. The number of hydrogen-bond donors (Lipinski definition) is 1. The standard InChI is InChI=1S/C16H19NO3/c1-16(2,3)20-15(19)17-14-9-8-11(10-18)12-6-4-5-7-13(12)14/h4-7,14H,8-9H2,1-3H3,(H,17,19)/t14-/m0/s1. The summed E-state index contributed by atoms with van der Waals surface area (Å²) in [6.07, 6.45) is 0.859. The number of allylic oxidation sites excluding steroid dienone is 1. The van der Waals surface area contributed by atoms with Crippen LogP contribution in [0.25, 0.3) is 5.57 Å². The molecule has 0 fully saturated rings. The molecule has 1 amide bonds. The maximum absolute atomic E-state index is 11.9. The first-order valence-electron chi connectivity index (χ1n) is 6.73. The van der Waals surface area contributed by atoms with Gasteiger partial charge >= 0.3 is 6.09 Å². The Balaban J connectivity index is 2.19. The van der Waals surface area contributed by atoms with Gasteiger partial charge in [0.05, 0.1) is 6.04 Å². The first kappa shape index (κ1) is 14.4. The topological polar surface area (TPSA) is 55.4 Å². The van der Waals surface area contributed by atoms with Gasteiger partial charge in [0.2, 0.25) is 0 Å². The molecule has 2 rings (SSSR count). The van der Waals surface area contributed by atoms with Crippen LogP contribution in [-0.4, -0.2) is 17.6 Å². The molecule has 0 heterocycles. The largest absolute Gasteiger partial charge is 0.444 e. The number of benzene rings is 1. The maximum Gasteiger partial charge on any atom is 0.408 e. The smallest absolute Gasteiger partial charge is 0.408 e. The van der Waals surface area contributed by atoms with Crippen molar-refractivity contribution in [1.82, 2.24) is 5.32 Å². The van der Waals surface area contributed by atoms with E-state index in [1.54, 1.807) is 0 Å². The van der Waals surface area contributed by atoms with Gasteiger partial charge in [0, 0.05) is 5.57 Å². The van der Waals surface area contributed by atoms with Gasteiger partial charge < -0.3 is 10.1 Å². The van der Waals surface area contributed by atoms with Gasteiger partial charge in [-0.25, -0.2) is 9.59 Å². The molecule has 0 aromatic heterocycles. The average molecular weight is 273 g/mol. The van der Waals surface area contributed by atoms with Crippen molar-refractivity contribution in [3.8, 4) is 0 Å². The van der Waals surface area contributed by atoms with E-state index in [2.05, 4.69) is 5.32 Å². The molecule has 0 saturated heterocycles. The van der Waals surface area contributed by atoms with Crippen molar-refractivity contribution >= 4 is 17.6 Å². The molecule has 4 nitrogen and oxygen atoms in total. The summed E-state index contributed by atoms with van der Waals surface area (Å²) in [5.41, 5.74) is 1.96. The second-order valence-electron chi connectivity index (χ2n) is 5.91. The molecule has 0 spiro atoms. The number of carbonyl (C=O) groups is 1. The first-order valence-corrected chi connectivity index (χ1v) is 6.73. The molecule has 0 aliphatic heterocycles. The lowest BCUT2D eigenvalue weighted by Gasteiger charge is -2.28. The van der Waals surface area contributed by atoms with E-state index < -0.39 is 11.7 Å². The van der Waals surface area contributed by atoms with Crippen LogP contribution in [0.2, 0.25) is 0 Å². The monoisotopic (exact) mass is 273 g/mol. The third-order valence-corrected chi connectivity index (χ3v) is 3.16. The Morgan fingerprint density at radius 1 is 1.35 bits per heavy atom. The molecule has 1 aromatic rings. The fourth-order valence-corrected chi connectivity index (χ4v) is 2.36. The number of ether oxygens (including phenoxy) is 1. The van der Waals surface area contributed by atoms with E-state index in [0.29, 0.717) is 18.4 Å². The molecule has 1 N–H and O–H groups in total. The van der Waals surface area contributed by atoms with E-state index in [4.69, 9.17) is 4.74 Å². The van der Waals surface area contributed by atoms with Gasteiger partial charge in [0.25, 0.3) is 0 Å². The highest BCUT2D eigenvalue weighted by Crippen LogP contribution is 2.35. The predicted octanol–water partition coefficient (Wildman–Crippen LogP) is 3.26. The third-order valence-electron chi connectivity index (χ3n) is 3.16. The highest BCUT2D eigenvalue weighted by atomic mass is 16.6. The molecular weight excluding hydrogens is 254 g/mol. The van der Waals surface area contributed by atoms with Crippen molar-refractivity contribution in [2.24, 2.45) is 0 Å². The molecule has 106 valence electrons. The minimum absolute atomic E-state index is 0.127. The van der Waals surface area contributed by atoms with E-state index in [1.165, 1.54) is 0 Å². The summed E-state index contributed by atoms with van der Waals surface area (Å²) in [4.78, 5) is 22.8. The Morgan fingerprint density at radius 3 is 2.70 bits per heavy atom. The van der Waals surface area contributed by atoms with Gasteiger partial charge in [-0.1, -0.05) is 24.3 Å². The quantitative estimate of drug-likeness (QED) is 0.799. The summed E-state index contributed by atoms with van der Waals surface area (Å²) < 4.78 is 5.27. The Labute approximate surface area is 118 Å². The summed E-state index contributed by atoms with van der Waals surface area (Å²) in [6.45, 7) is 5.48. The second kappa shape index (κ2) is 5.51. The Hall–Kier alpha value is -2.06. The van der Waals surface area contributed by atoms with E-state index in [0.717, 1.165) is 11.1 Å². The van der Waals surface area contributed by atoms with Gasteiger partial charge in [0.15, 0.2) is 0 Å². The van der Waals surface area contributed by atoms with Crippen LogP contribution in [-0.2, 0) is 9.53 Å². The van der Waals surface area contributed by atoms with Gasteiger partial charge in [-0.05, 0) is 44.7 Å². The van der Waals surface area contributed by atoms with Crippen LogP contribution >= 0.6 is 0 Å². The minimum atomic E-state index is -0.522. The molecular formula is C16H19NO3. The molecule has 1 aliphatic rings. The predicted molar refractivity (Wildman–Crippen MR) is 76.9 cm³/mol. The van der Waals surface area contributed by atoms with Crippen LogP contribution in [0.3, 0.4) is 0 Å². The second-order valence-corrected chi connectivity index (χ2v) is 5.91. The van der Waals surface area contributed by atoms with Gasteiger partial charge in [-0.15, -0.1) is 0 Å². The summed E-state index contributed by atoms with van der Waals surface area (Å²) in [5.74, 6) is 1.99. The van der Waals surface area contributed by atoms with E-state index >= 15 is 0 Å². The van der Waals surface area contributed by atoms with Gasteiger partial charge in [-0.2, -0.15) is 0 Å². The van der Waals surface area contributed by atoms with Crippen LogP contribution in [0.1, 0.15) is 50.8 Å². The highest BCUT2D eigenvalue weighted by molar-refractivity contribution is 5.89. The van der Waals surface area contributed by atoms with E-state index in [9.17, 15) is 9.59 Å². The van der Waals surface area contributed by atoms with Gasteiger partial charge in [-0.3, -0.25) is 0 Å². The highest BCUT2D eigenvalue weighted by Gasteiger charge is 2.26. The fraction of sp³-hybridized carbons (Fsp3) is 0.438. The molecule has 1 aliphatic carbocycles. The fourth-order valence-electron chi connectivity index (χ4n) is 2.36. The number of fused-ring (bicyclic) bond motifs is 1. The number of amides is 1. The molecule has 0 radical (unpaired) electrons. The van der Waals surface area contributed by atoms with Crippen LogP contribution < -0.4 is 5.32 Å². The van der Waals surface area contributed by atoms with Crippen LogP contribution in [0.15, 0.2) is 24.3 Å². The molecule has 0 bridgehead atoms. The first-order chi connectivity index (χ1) is 9.40. The zero-order chi connectivity index (χ0) is 14.8. The molecule has 20 heavy (non-hydrogen) atoms. The zero-order valence-electron chi connectivity index (χ0n) is 12.0. The Bertz CT molecular complexity index is 565. The zero-order valence-corrected chi connectivity index (χ0v) is 12.0. The van der Waals surface area contributed by atoms with Gasteiger partial charge in [0.1, 0.15) is 11.5 Å². The van der Waals surface area contributed by atoms with Crippen molar-refractivity contribution in [3.63, 3.8) is 0 Å². The average Bonchev–Trinajstić information content (AvgIpc) is 2.37. The number of carbonyl (C=O) groups excluding carboxylic acids is 2. The molecule has 0 saturated carbocycles. The number of rotatable bonds is 1. The molecule has 1 aromatic carbocycles. The summed E-state index contributed by atoms with van der Waals surface area (Å²) in [5, 5.41) is 2.87. The molecule has 0 unspecified atom stereocenters. The molecule has 1 atom stereocenters. The SMILES string of the molecule is CC(C)(C)OC(=O)N[C@H]1CCC(=C=O)c2ccccc21. The summed E-state index contributed by atoms with van der Waals surface area (Å²) >= 11 is 0. The van der Waals surface area contributed by atoms with E-state index in [-0.39, 0.29) is 6.04 Å². The van der Waals surface area contributed by atoms with Crippen LogP contribution in [0.4, 0.5) is 4.79 Å². The third kappa shape index (κ3) is 3.28.